The fraction of sp³-hybridized carbons (Fsp3) is 0.0345. The number of ether oxygens (including phenoxy) is 2. The van der Waals surface area contributed by atoms with Gasteiger partial charge in [-0.3, -0.25) is 0 Å². The van der Waals surface area contributed by atoms with Crippen molar-refractivity contribution in [3.05, 3.63) is 117 Å². The van der Waals surface area contributed by atoms with E-state index in [4.69, 9.17) is 9.47 Å². The molecule has 0 aliphatic carbocycles. The van der Waals surface area contributed by atoms with Crippen LogP contribution in [0.15, 0.2) is 42.5 Å². The van der Waals surface area contributed by atoms with Gasteiger partial charge in [0.25, 0.3) is 0 Å². The average molecular weight is 612 g/mol. The lowest BCUT2D eigenvalue weighted by molar-refractivity contribution is 0.0713. The molecule has 0 radical (unpaired) electrons. The number of hydrogen-bond donors (Lipinski definition) is 0. The van der Waals surface area contributed by atoms with Crippen molar-refractivity contribution < 1.29 is 63.0 Å². The Balaban J connectivity index is 1.63. The highest BCUT2D eigenvalue weighted by molar-refractivity contribution is 6.08. The number of benzene rings is 5. The summed E-state index contributed by atoms with van der Waals surface area (Å²) in [7, 11) is 0. The molecule has 0 unspecified atom stereocenters. The monoisotopic (exact) mass is 612 g/mol. The molecule has 14 heteroatoms. The largest absolute Gasteiger partial charge is 0.422 e. The van der Waals surface area contributed by atoms with Gasteiger partial charge < -0.3 is 9.47 Å². The second-order valence-corrected chi connectivity index (χ2v) is 8.88. The summed E-state index contributed by atoms with van der Waals surface area (Å²) in [6, 6.07) is 9.23. The van der Waals surface area contributed by atoms with Crippen LogP contribution in [0.25, 0.3) is 21.5 Å². The van der Waals surface area contributed by atoms with E-state index in [0.29, 0.717) is 0 Å². The van der Waals surface area contributed by atoms with Crippen LogP contribution in [0.2, 0.25) is 0 Å². The number of rotatable bonds is 4. The molecule has 220 valence electrons. The van der Waals surface area contributed by atoms with Crippen LogP contribution in [-0.4, -0.2) is 11.9 Å². The van der Waals surface area contributed by atoms with Crippen LogP contribution in [0.3, 0.4) is 0 Å². The third-order valence-corrected chi connectivity index (χ3v) is 6.41. The SMILES string of the molecule is Cc1c2c(OC(=O)c3c(F)c(F)c(F)c(F)c3F)cccc2cc2cccc(OC(=O)c3c(F)c(F)c(F)c(F)c3F)c12. The number of esters is 2. The van der Waals surface area contributed by atoms with Crippen molar-refractivity contribution in [2.45, 2.75) is 6.92 Å². The first-order chi connectivity index (χ1) is 20.3. The topological polar surface area (TPSA) is 52.6 Å². The molecule has 0 N–H and O–H groups in total. The Morgan fingerprint density at radius 1 is 0.488 bits per heavy atom. The molecule has 0 spiro atoms. The second kappa shape index (κ2) is 10.6. The van der Waals surface area contributed by atoms with Gasteiger partial charge in [0.15, 0.2) is 46.5 Å². The number of halogens is 10. The molecule has 0 saturated carbocycles. The smallest absolute Gasteiger partial charge is 0.349 e. The Labute approximate surface area is 232 Å². The summed E-state index contributed by atoms with van der Waals surface area (Å²) in [6.45, 7) is 1.36. The zero-order valence-corrected chi connectivity index (χ0v) is 21.0. The predicted molar refractivity (Wildman–Crippen MR) is 129 cm³/mol. The van der Waals surface area contributed by atoms with Gasteiger partial charge in [0.1, 0.15) is 22.6 Å². The van der Waals surface area contributed by atoms with E-state index in [1.807, 2.05) is 0 Å². The highest BCUT2D eigenvalue weighted by Crippen LogP contribution is 2.39. The molecular formula is C29H10F10O4. The Hall–Kier alpha value is -5.14. The van der Waals surface area contributed by atoms with Crippen molar-refractivity contribution in [1.29, 1.82) is 0 Å². The molecule has 4 nitrogen and oxygen atoms in total. The first-order valence-corrected chi connectivity index (χ1v) is 11.7. The van der Waals surface area contributed by atoms with Gasteiger partial charge in [0, 0.05) is 10.8 Å². The number of fused-ring (bicyclic) bond motifs is 2. The van der Waals surface area contributed by atoms with Gasteiger partial charge >= 0.3 is 11.9 Å². The Morgan fingerprint density at radius 3 is 1.12 bits per heavy atom. The van der Waals surface area contributed by atoms with E-state index in [-0.39, 0.29) is 27.1 Å². The van der Waals surface area contributed by atoms with Gasteiger partial charge in [0.05, 0.1) is 0 Å². The van der Waals surface area contributed by atoms with E-state index in [1.54, 1.807) is 0 Å². The standard InChI is InChI=1S/C29H10F10O4/c1-9-14-10(4-2-6-12(14)42-28(40)16-18(30)22(34)26(38)23(35)19(16)31)8-11-5-3-7-13(15(9)11)43-29(41)17-20(32)24(36)27(39)25(37)21(17)33/h2-8H,1H3. The normalized spacial score (nSPS) is 11.3. The summed E-state index contributed by atoms with van der Waals surface area (Å²) in [5.41, 5.74) is -3.65. The first-order valence-electron chi connectivity index (χ1n) is 11.7. The lowest BCUT2D eigenvalue weighted by atomic mass is 9.96. The maximum Gasteiger partial charge on any atom is 0.349 e. The molecule has 0 saturated heterocycles. The van der Waals surface area contributed by atoms with Crippen molar-refractivity contribution >= 4 is 33.5 Å². The maximum absolute atomic E-state index is 14.2. The van der Waals surface area contributed by atoms with E-state index >= 15 is 0 Å². The van der Waals surface area contributed by atoms with Crippen molar-refractivity contribution in [2.75, 3.05) is 0 Å². The number of aryl methyl sites for hydroxylation is 1. The Bertz CT molecular complexity index is 1840. The molecule has 0 aliphatic rings. The van der Waals surface area contributed by atoms with E-state index in [9.17, 15) is 53.5 Å². The van der Waals surface area contributed by atoms with Crippen molar-refractivity contribution in [3.63, 3.8) is 0 Å². The van der Waals surface area contributed by atoms with Crippen LogP contribution in [0.1, 0.15) is 26.3 Å². The lowest BCUT2D eigenvalue weighted by Gasteiger charge is -2.16. The minimum Gasteiger partial charge on any atom is -0.422 e. The lowest BCUT2D eigenvalue weighted by Crippen LogP contribution is -2.18. The van der Waals surface area contributed by atoms with Crippen LogP contribution in [0.5, 0.6) is 11.5 Å². The third kappa shape index (κ3) is 4.58. The zero-order chi connectivity index (χ0) is 31.5. The number of hydrogen-bond acceptors (Lipinski definition) is 4. The minimum atomic E-state index is -2.49. The van der Waals surface area contributed by atoms with Crippen molar-refractivity contribution in [3.8, 4) is 11.5 Å². The number of carbonyl (C=O) groups excluding carboxylic acids is 2. The van der Waals surface area contributed by atoms with Crippen LogP contribution in [0, 0.1) is 65.1 Å². The van der Waals surface area contributed by atoms with Crippen LogP contribution < -0.4 is 9.47 Å². The average Bonchev–Trinajstić information content (AvgIpc) is 2.97. The molecule has 0 aliphatic heterocycles. The van der Waals surface area contributed by atoms with Gasteiger partial charge in [0.2, 0.25) is 11.6 Å². The summed E-state index contributed by atoms with van der Waals surface area (Å²) in [5, 5.41) is 0.561. The molecular weight excluding hydrogens is 602 g/mol. The van der Waals surface area contributed by atoms with Crippen LogP contribution >= 0.6 is 0 Å². The summed E-state index contributed by atoms with van der Waals surface area (Å²) in [4.78, 5) is 25.2. The zero-order valence-electron chi connectivity index (χ0n) is 21.0. The van der Waals surface area contributed by atoms with E-state index in [2.05, 4.69) is 0 Å². The minimum absolute atomic E-state index is 0.00745. The van der Waals surface area contributed by atoms with E-state index in [1.165, 1.54) is 37.3 Å². The van der Waals surface area contributed by atoms with E-state index in [0.717, 1.165) is 12.1 Å². The summed E-state index contributed by atoms with van der Waals surface area (Å²) >= 11 is 0. The second-order valence-electron chi connectivity index (χ2n) is 8.88. The molecule has 0 atom stereocenters. The van der Waals surface area contributed by atoms with Gasteiger partial charge in [-0.15, -0.1) is 0 Å². The molecule has 5 aromatic rings. The van der Waals surface area contributed by atoms with Crippen molar-refractivity contribution in [1.82, 2.24) is 0 Å². The van der Waals surface area contributed by atoms with Gasteiger partial charge in [-0.2, -0.15) is 0 Å². The fourth-order valence-electron chi connectivity index (χ4n) is 4.47. The molecule has 0 fully saturated rings. The molecule has 43 heavy (non-hydrogen) atoms. The predicted octanol–water partition coefficient (Wildman–Crippen LogP) is 8.13. The maximum atomic E-state index is 14.2. The molecule has 0 heterocycles. The molecule has 0 bridgehead atoms. The molecule has 5 aromatic carbocycles. The number of carbonyl (C=O) groups is 2. The quantitative estimate of drug-likeness (QED) is 0.0514. The first kappa shape index (κ1) is 29.4. The highest BCUT2D eigenvalue weighted by atomic mass is 19.2. The summed E-state index contributed by atoms with van der Waals surface area (Å²) in [6.07, 6.45) is 0. The fourth-order valence-corrected chi connectivity index (χ4v) is 4.47. The Kier molecular flexibility index (Phi) is 7.24. The van der Waals surface area contributed by atoms with Gasteiger partial charge in [-0.25, -0.2) is 53.5 Å². The summed E-state index contributed by atoms with van der Waals surface area (Å²) in [5.74, 6) is -29.1. The molecule has 0 amide bonds. The van der Waals surface area contributed by atoms with Crippen LogP contribution in [-0.2, 0) is 0 Å². The highest BCUT2D eigenvalue weighted by Gasteiger charge is 2.33. The van der Waals surface area contributed by atoms with Gasteiger partial charge in [-0.1, -0.05) is 24.3 Å². The van der Waals surface area contributed by atoms with Crippen LogP contribution in [0.4, 0.5) is 43.9 Å². The summed E-state index contributed by atoms with van der Waals surface area (Å²) < 4.78 is 148. The van der Waals surface area contributed by atoms with E-state index < -0.39 is 92.7 Å². The molecule has 5 rings (SSSR count). The molecule has 0 aromatic heterocycles. The van der Waals surface area contributed by atoms with Crippen molar-refractivity contribution in [2.24, 2.45) is 0 Å². The Morgan fingerprint density at radius 2 is 0.791 bits per heavy atom. The third-order valence-electron chi connectivity index (χ3n) is 6.41. The van der Waals surface area contributed by atoms with Gasteiger partial charge in [-0.05, 0) is 41.5 Å².